The van der Waals surface area contributed by atoms with Crippen LogP contribution in [-0.4, -0.2) is 46.9 Å². The predicted octanol–water partition coefficient (Wildman–Crippen LogP) is 1.97. The van der Waals surface area contributed by atoms with Gasteiger partial charge in [-0.15, -0.1) is 0 Å². The Kier molecular flexibility index (Phi) is 4.40. The van der Waals surface area contributed by atoms with Crippen LogP contribution in [0.3, 0.4) is 0 Å². The summed E-state index contributed by atoms with van der Waals surface area (Å²) < 4.78 is 0. The van der Waals surface area contributed by atoms with Crippen LogP contribution in [0.2, 0.25) is 0 Å². The van der Waals surface area contributed by atoms with Gasteiger partial charge in [-0.05, 0) is 52.7 Å². The maximum absolute atomic E-state index is 13.0. The number of carbonyl (C=O) groups is 2. The zero-order chi connectivity index (χ0) is 18.4. The van der Waals surface area contributed by atoms with E-state index in [1.165, 1.54) is 0 Å². The fourth-order valence-electron chi connectivity index (χ4n) is 4.01. The highest BCUT2D eigenvalue weighted by Gasteiger charge is 2.53. The smallest absolute Gasteiger partial charge is 0.252 e. The highest BCUT2D eigenvalue weighted by molar-refractivity contribution is 5.98. The molecule has 0 saturated carbocycles. The second-order valence-electron chi connectivity index (χ2n) is 8.76. The molecule has 2 atom stereocenters. The van der Waals surface area contributed by atoms with Crippen LogP contribution in [0.15, 0.2) is 24.3 Å². The molecule has 2 aliphatic rings. The molecule has 136 valence electrons. The molecule has 25 heavy (non-hydrogen) atoms. The van der Waals surface area contributed by atoms with Gasteiger partial charge < -0.3 is 10.6 Å². The summed E-state index contributed by atoms with van der Waals surface area (Å²) in [6, 6.07) is 8.04. The highest BCUT2D eigenvalue weighted by Crippen LogP contribution is 2.36. The standard InChI is InChI=1S/C20H29N3O2/c1-13(2)23-11-16(18(25)21-19(3,4)5)20(12-23)10-14-8-6-7-9-15(14)17(24)22-20/h6-9,13,16H,10-12H2,1-5H3,(H,21,25)(H,22,24)/t16-,20+/m0/s1. The first-order valence-corrected chi connectivity index (χ1v) is 9.08. The van der Waals surface area contributed by atoms with Crippen LogP contribution in [0.5, 0.6) is 0 Å². The van der Waals surface area contributed by atoms with E-state index in [2.05, 4.69) is 29.4 Å². The fourth-order valence-corrected chi connectivity index (χ4v) is 4.01. The monoisotopic (exact) mass is 343 g/mol. The van der Waals surface area contributed by atoms with E-state index in [1.807, 2.05) is 45.0 Å². The van der Waals surface area contributed by atoms with Gasteiger partial charge in [-0.2, -0.15) is 0 Å². The Hall–Kier alpha value is -1.88. The first kappa shape index (κ1) is 17.9. The van der Waals surface area contributed by atoms with Gasteiger partial charge in [0.2, 0.25) is 5.91 Å². The second-order valence-corrected chi connectivity index (χ2v) is 8.76. The van der Waals surface area contributed by atoms with Crippen LogP contribution in [0.4, 0.5) is 0 Å². The van der Waals surface area contributed by atoms with Gasteiger partial charge in [-0.1, -0.05) is 18.2 Å². The Bertz CT molecular complexity index is 692. The zero-order valence-corrected chi connectivity index (χ0v) is 15.8. The zero-order valence-electron chi connectivity index (χ0n) is 15.8. The molecular weight excluding hydrogens is 314 g/mol. The summed E-state index contributed by atoms with van der Waals surface area (Å²) in [5.74, 6) is -0.303. The quantitative estimate of drug-likeness (QED) is 0.863. The van der Waals surface area contributed by atoms with E-state index in [-0.39, 0.29) is 23.3 Å². The third-order valence-corrected chi connectivity index (χ3v) is 5.24. The predicted molar refractivity (Wildman–Crippen MR) is 98.4 cm³/mol. The SMILES string of the molecule is CC(C)N1C[C@@H](C(=O)NC(C)(C)C)[C@@]2(Cc3ccccc3C(=O)N2)C1. The van der Waals surface area contributed by atoms with E-state index in [4.69, 9.17) is 0 Å². The Balaban J connectivity index is 1.96. The molecule has 1 saturated heterocycles. The molecule has 2 heterocycles. The van der Waals surface area contributed by atoms with Gasteiger partial charge in [0.1, 0.15) is 0 Å². The van der Waals surface area contributed by atoms with E-state index >= 15 is 0 Å². The van der Waals surface area contributed by atoms with Crippen LogP contribution in [0, 0.1) is 5.92 Å². The molecule has 3 rings (SSSR count). The Labute approximate surface area is 150 Å². The van der Waals surface area contributed by atoms with E-state index in [1.54, 1.807) is 0 Å². The average Bonchev–Trinajstić information content (AvgIpc) is 2.84. The number of benzene rings is 1. The van der Waals surface area contributed by atoms with Crippen molar-refractivity contribution in [1.29, 1.82) is 0 Å². The lowest BCUT2D eigenvalue weighted by molar-refractivity contribution is -0.127. The Morgan fingerprint density at radius 2 is 2.00 bits per heavy atom. The van der Waals surface area contributed by atoms with Gasteiger partial charge >= 0.3 is 0 Å². The number of fused-ring (bicyclic) bond motifs is 1. The van der Waals surface area contributed by atoms with Gasteiger partial charge in [-0.25, -0.2) is 0 Å². The lowest BCUT2D eigenvalue weighted by Crippen LogP contribution is -2.62. The maximum Gasteiger partial charge on any atom is 0.252 e. The van der Waals surface area contributed by atoms with Gasteiger partial charge in [0, 0.05) is 30.2 Å². The first-order valence-electron chi connectivity index (χ1n) is 9.08. The summed E-state index contributed by atoms with van der Waals surface area (Å²) in [5.41, 5.74) is 0.932. The van der Waals surface area contributed by atoms with E-state index in [0.717, 1.165) is 11.1 Å². The van der Waals surface area contributed by atoms with Gasteiger partial charge in [0.05, 0.1) is 11.5 Å². The number of hydrogen-bond acceptors (Lipinski definition) is 3. The molecule has 2 amide bonds. The minimum absolute atomic E-state index is 0.0235. The van der Waals surface area contributed by atoms with Crippen molar-refractivity contribution in [1.82, 2.24) is 15.5 Å². The van der Waals surface area contributed by atoms with Crippen molar-refractivity contribution in [3.63, 3.8) is 0 Å². The molecule has 0 bridgehead atoms. The number of amides is 2. The Morgan fingerprint density at radius 3 is 2.64 bits per heavy atom. The number of nitrogens with one attached hydrogen (secondary N) is 2. The lowest BCUT2D eigenvalue weighted by atomic mass is 9.76. The number of carbonyl (C=O) groups excluding carboxylic acids is 2. The van der Waals surface area contributed by atoms with Gasteiger partial charge in [0.15, 0.2) is 0 Å². The third kappa shape index (κ3) is 3.43. The number of rotatable bonds is 2. The average molecular weight is 343 g/mol. The van der Waals surface area contributed by atoms with Gasteiger partial charge in [-0.3, -0.25) is 14.5 Å². The van der Waals surface area contributed by atoms with Crippen molar-refractivity contribution in [2.45, 2.75) is 58.2 Å². The number of hydrogen-bond donors (Lipinski definition) is 2. The van der Waals surface area contributed by atoms with E-state index in [9.17, 15) is 9.59 Å². The largest absolute Gasteiger partial charge is 0.351 e. The third-order valence-electron chi connectivity index (χ3n) is 5.24. The molecule has 2 N–H and O–H groups in total. The minimum atomic E-state index is -0.537. The molecule has 0 radical (unpaired) electrons. The van der Waals surface area contributed by atoms with Crippen molar-refractivity contribution in [3.05, 3.63) is 35.4 Å². The lowest BCUT2D eigenvalue weighted by Gasteiger charge is -2.40. The molecule has 0 aromatic heterocycles. The topological polar surface area (TPSA) is 61.4 Å². The van der Waals surface area contributed by atoms with Gasteiger partial charge in [0.25, 0.3) is 5.91 Å². The molecule has 1 aromatic rings. The van der Waals surface area contributed by atoms with Crippen molar-refractivity contribution in [2.75, 3.05) is 13.1 Å². The molecule has 2 aliphatic heterocycles. The minimum Gasteiger partial charge on any atom is -0.351 e. The van der Waals surface area contributed by atoms with Crippen LogP contribution < -0.4 is 10.6 Å². The van der Waals surface area contributed by atoms with Crippen molar-refractivity contribution < 1.29 is 9.59 Å². The van der Waals surface area contributed by atoms with Crippen molar-refractivity contribution >= 4 is 11.8 Å². The summed E-state index contributed by atoms with van der Waals surface area (Å²) in [7, 11) is 0. The molecular formula is C20H29N3O2. The first-order chi connectivity index (χ1) is 11.6. The fraction of sp³-hybridized carbons (Fsp3) is 0.600. The number of nitrogens with zero attached hydrogens (tertiary/aromatic N) is 1. The Morgan fingerprint density at radius 1 is 1.32 bits per heavy atom. The summed E-state index contributed by atoms with van der Waals surface area (Å²) in [6.45, 7) is 11.6. The molecule has 1 fully saturated rings. The van der Waals surface area contributed by atoms with Crippen molar-refractivity contribution in [3.8, 4) is 0 Å². The van der Waals surface area contributed by atoms with Crippen LogP contribution in [0.25, 0.3) is 0 Å². The molecule has 5 nitrogen and oxygen atoms in total. The summed E-state index contributed by atoms with van der Waals surface area (Å²) in [4.78, 5) is 28.0. The number of likely N-dealkylation sites (tertiary alicyclic amines) is 1. The second kappa shape index (κ2) is 6.13. The van der Waals surface area contributed by atoms with Crippen LogP contribution >= 0.6 is 0 Å². The molecule has 1 spiro atoms. The summed E-state index contributed by atoms with van der Waals surface area (Å²) in [6.07, 6.45) is 0.695. The molecule has 1 aromatic carbocycles. The molecule has 5 heteroatoms. The van der Waals surface area contributed by atoms with Crippen molar-refractivity contribution in [2.24, 2.45) is 5.92 Å². The normalized spacial score (nSPS) is 26.6. The molecule has 0 aliphatic carbocycles. The van der Waals surface area contributed by atoms with Crippen LogP contribution in [0.1, 0.15) is 50.5 Å². The molecule has 0 unspecified atom stereocenters. The van der Waals surface area contributed by atoms with E-state index < -0.39 is 5.54 Å². The maximum atomic E-state index is 13.0. The summed E-state index contributed by atoms with van der Waals surface area (Å²) >= 11 is 0. The highest BCUT2D eigenvalue weighted by atomic mass is 16.2. The van der Waals surface area contributed by atoms with E-state index in [0.29, 0.717) is 25.6 Å². The summed E-state index contributed by atoms with van der Waals surface area (Å²) in [5, 5.41) is 6.32. The van der Waals surface area contributed by atoms with Crippen LogP contribution in [-0.2, 0) is 11.2 Å².